The fraction of sp³-hybridized carbons (Fsp3) is 0.348. The van der Waals surface area contributed by atoms with Gasteiger partial charge >= 0.3 is 5.63 Å². The molecule has 2 aliphatic heterocycles. The molecule has 7 heteroatoms. The van der Waals surface area contributed by atoms with Crippen molar-refractivity contribution in [2.24, 2.45) is 0 Å². The average Bonchev–Trinajstić information content (AvgIpc) is 3.21. The van der Waals surface area contributed by atoms with Crippen molar-refractivity contribution in [1.82, 2.24) is 4.90 Å². The van der Waals surface area contributed by atoms with Crippen LogP contribution in [-0.2, 0) is 19.5 Å². The zero-order valence-corrected chi connectivity index (χ0v) is 17.5. The number of benzene rings is 2. The second-order valence-electron chi connectivity index (χ2n) is 7.69. The standard InChI is InChI=1S/C23H22ClNO5/c1-2-3-4-15-8-21(26)30-22-16(15)9-18(24)23-17(22)11-25(12-27-23)10-14-5-6-19-20(7-14)29-13-28-19/h5-9H,2-4,10-13H2,1H3. The van der Waals surface area contributed by atoms with Crippen molar-refractivity contribution < 1.29 is 18.6 Å². The van der Waals surface area contributed by atoms with E-state index in [1.807, 2.05) is 24.3 Å². The molecular formula is C23H22ClNO5. The van der Waals surface area contributed by atoms with Gasteiger partial charge in [-0.3, -0.25) is 4.90 Å². The number of hydrogen-bond acceptors (Lipinski definition) is 6. The number of aryl methyl sites for hydroxylation is 1. The third-order valence-corrected chi connectivity index (χ3v) is 5.82. The van der Waals surface area contributed by atoms with E-state index in [9.17, 15) is 4.79 Å². The van der Waals surface area contributed by atoms with Crippen molar-refractivity contribution in [2.75, 3.05) is 13.5 Å². The minimum Gasteiger partial charge on any atom is -0.476 e. The zero-order valence-electron chi connectivity index (χ0n) is 16.7. The Morgan fingerprint density at radius 1 is 1.10 bits per heavy atom. The maximum atomic E-state index is 12.2. The number of rotatable bonds is 5. The molecule has 2 aliphatic rings. The summed E-state index contributed by atoms with van der Waals surface area (Å²) in [5.74, 6) is 2.12. The monoisotopic (exact) mass is 427 g/mol. The van der Waals surface area contributed by atoms with Gasteiger partial charge in [-0.05, 0) is 42.2 Å². The van der Waals surface area contributed by atoms with Crippen molar-refractivity contribution in [1.29, 1.82) is 0 Å². The molecule has 0 atom stereocenters. The Balaban J connectivity index is 1.49. The summed E-state index contributed by atoms with van der Waals surface area (Å²) >= 11 is 6.55. The van der Waals surface area contributed by atoms with E-state index in [1.54, 1.807) is 6.07 Å². The number of fused-ring (bicyclic) bond motifs is 4. The van der Waals surface area contributed by atoms with Gasteiger partial charge in [-0.15, -0.1) is 0 Å². The molecule has 0 fully saturated rings. The summed E-state index contributed by atoms with van der Waals surface area (Å²) < 4.78 is 22.5. The first kappa shape index (κ1) is 19.3. The van der Waals surface area contributed by atoms with Crippen molar-refractivity contribution >= 4 is 22.6 Å². The molecule has 0 N–H and O–H groups in total. The van der Waals surface area contributed by atoms with Crippen LogP contribution < -0.4 is 19.8 Å². The first-order valence-corrected chi connectivity index (χ1v) is 10.5. The minimum absolute atomic E-state index is 0.253. The lowest BCUT2D eigenvalue weighted by Crippen LogP contribution is -2.32. The van der Waals surface area contributed by atoms with Gasteiger partial charge < -0.3 is 18.6 Å². The van der Waals surface area contributed by atoms with E-state index in [0.29, 0.717) is 36.2 Å². The molecule has 0 amide bonds. The second-order valence-corrected chi connectivity index (χ2v) is 8.09. The fourth-order valence-electron chi connectivity index (χ4n) is 4.07. The summed E-state index contributed by atoms with van der Waals surface area (Å²) in [6, 6.07) is 9.35. The molecule has 1 aromatic heterocycles. The summed E-state index contributed by atoms with van der Waals surface area (Å²) in [6.07, 6.45) is 2.86. The molecule has 3 aromatic rings. The maximum absolute atomic E-state index is 12.2. The summed E-state index contributed by atoms with van der Waals surface area (Å²) in [4.78, 5) is 14.4. The van der Waals surface area contributed by atoms with Crippen molar-refractivity contribution in [2.45, 2.75) is 39.3 Å². The summed E-state index contributed by atoms with van der Waals surface area (Å²) in [6.45, 7) is 4.00. The van der Waals surface area contributed by atoms with Crippen LogP contribution in [0.25, 0.3) is 11.0 Å². The first-order valence-electron chi connectivity index (χ1n) is 10.1. The molecule has 0 bridgehead atoms. The SMILES string of the molecule is CCCCc1cc(=O)oc2c3c(c(Cl)cc12)OCN(Cc1ccc2c(c1)OCO2)C3. The van der Waals surface area contributed by atoms with Crippen LogP contribution in [0.3, 0.4) is 0 Å². The van der Waals surface area contributed by atoms with Crippen LogP contribution in [-0.4, -0.2) is 18.4 Å². The molecule has 0 saturated carbocycles. The normalized spacial score (nSPS) is 15.3. The van der Waals surface area contributed by atoms with Crippen LogP contribution in [0.2, 0.25) is 5.02 Å². The highest BCUT2D eigenvalue weighted by molar-refractivity contribution is 6.33. The number of unbranched alkanes of at least 4 members (excludes halogenated alkanes) is 1. The lowest BCUT2D eigenvalue weighted by atomic mass is 10.0. The predicted octanol–water partition coefficient (Wildman–Crippen LogP) is 4.87. The number of ether oxygens (including phenoxy) is 3. The van der Waals surface area contributed by atoms with E-state index in [2.05, 4.69) is 11.8 Å². The molecule has 0 radical (unpaired) electrons. The highest BCUT2D eigenvalue weighted by atomic mass is 35.5. The highest BCUT2D eigenvalue weighted by Gasteiger charge is 2.26. The maximum Gasteiger partial charge on any atom is 0.336 e. The van der Waals surface area contributed by atoms with Crippen molar-refractivity contribution in [3.63, 3.8) is 0 Å². The number of nitrogens with zero attached hydrogens (tertiary/aromatic N) is 1. The van der Waals surface area contributed by atoms with E-state index in [0.717, 1.165) is 52.8 Å². The van der Waals surface area contributed by atoms with Crippen LogP contribution >= 0.6 is 11.6 Å². The first-order chi connectivity index (χ1) is 14.6. The molecule has 0 spiro atoms. The fourth-order valence-corrected chi connectivity index (χ4v) is 4.35. The molecule has 156 valence electrons. The summed E-state index contributed by atoms with van der Waals surface area (Å²) in [5.41, 5.74) is 3.11. The summed E-state index contributed by atoms with van der Waals surface area (Å²) in [5, 5.41) is 1.44. The molecule has 0 aliphatic carbocycles. The summed E-state index contributed by atoms with van der Waals surface area (Å²) in [7, 11) is 0. The third kappa shape index (κ3) is 3.50. The molecule has 0 saturated heterocycles. The Kier molecular flexibility index (Phi) is 5.05. The van der Waals surface area contributed by atoms with Crippen LogP contribution in [0, 0.1) is 0 Å². The molecule has 5 rings (SSSR count). The van der Waals surface area contributed by atoms with Gasteiger partial charge in [0.25, 0.3) is 0 Å². The zero-order chi connectivity index (χ0) is 20.7. The van der Waals surface area contributed by atoms with Gasteiger partial charge in [0.1, 0.15) is 18.1 Å². The highest BCUT2D eigenvalue weighted by Crippen LogP contribution is 2.40. The lowest BCUT2D eigenvalue weighted by molar-refractivity contribution is 0.0890. The van der Waals surface area contributed by atoms with Gasteiger partial charge in [0, 0.05) is 24.5 Å². The van der Waals surface area contributed by atoms with E-state index in [-0.39, 0.29) is 12.4 Å². The van der Waals surface area contributed by atoms with Crippen LogP contribution in [0.5, 0.6) is 17.2 Å². The Labute approximate surface area is 178 Å². The van der Waals surface area contributed by atoms with Crippen LogP contribution in [0.4, 0.5) is 0 Å². The molecule has 0 unspecified atom stereocenters. The smallest absolute Gasteiger partial charge is 0.336 e. The van der Waals surface area contributed by atoms with E-state index in [1.165, 1.54) is 0 Å². The third-order valence-electron chi connectivity index (χ3n) is 5.54. The Morgan fingerprint density at radius 3 is 2.83 bits per heavy atom. The molecule has 2 aromatic carbocycles. The Bertz CT molecular complexity index is 1170. The van der Waals surface area contributed by atoms with Gasteiger partial charge in [-0.2, -0.15) is 0 Å². The molecule has 30 heavy (non-hydrogen) atoms. The number of halogens is 1. The van der Waals surface area contributed by atoms with Gasteiger partial charge in [0.2, 0.25) is 6.79 Å². The number of hydrogen-bond donors (Lipinski definition) is 0. The van der Waals surface area contributed by atoms with Crippen molar-refractivity contribution in [3.05, 3.63) is 62.5 Å². The Hall–Kier alpha value is -2.70. The topological polar surface area (TPSA) is 61.1 Å². The minimum atomic E-state index is -0.342. The van der Waals surface area contributed by atoms with E-state index < -0.39 is 0 Å². The van der Waals surface area contributed by atoms with Gasteiger partial charge in [-0.1, -0.05) is 31.0 Å². The van der Waals surface area contributed by atoms with E-state index >= 15 is 0 Å². The van der Waals surface area contributed by atoms with Gasteiger partial charge in [0.15, 0.2) is 11.5 Å². The van der Waals surface area contributed by atoms with E-state index in [4.69, 9.17) is 30.2 Å². The molecule has 6 nitrogen and oxygen atoms in total. The average molecular weight is 428 g/mol. The molecule has 3 heterocycles. The predicted molar refractivity (Wildman–Crippen MR) is 113 cm³/mol. The van der Waals surface area contributed by atoms with Gasteiger partial charge in [-0.25, -0.2) is 4.79 Å². The van der Waals surface area contributed by atoms with Crippen molar-refractivity contribution in [3.8, 4) is 17.2 Å². The quantitative estimate of drug-likeness (QED) is 0.541. The lowest BCUT2D eigenvalue weighted by Gasteiger charge is -2.30. The Morgan fingerprint density at radius 2 is 1.97 bits per heavy atom. The molecular weight excluding hydrogens is 406 g/mol. The second kappa shape index (κ2) is 7.85. The van der Waals surface area contributed by atoms with Crippen LogP contribution in [0.15, 0.2) is 39.5 Å². The largest absolute Gasteiger partial charge is 0.476 e. The van der Waals surface area contributed by atoms with Gasteiger partial charge in [0.05, 0.1) is 10.6 Å². The van der Waals surface area contributed by atoms with Crippen LogP contribution in [0.1, 0.15) is 36.5 Å².